The third kappa shape index (κ3) is 6.14. The molecule has 1 amide bonds. The number of rotatable bonds is 7. The van der Waals surface area contributed by atoms with Crippen LogP contribution < -0.4 is 10.1 Å². The zero-order chi connectivity index (χ0) is 20.5. The molecule has 0 saturated heterocycles. The van der Waals surface area contributed by atoms with Crippen LogP contribution in [0.5, 0.6) is 11.5 Å². The average Bonchev–Trinajstić information content (AvgIpc) is 2.67. The topological polar surface area (TPSA) is 109 Å². The second-order valence-electron chi connectivity index (χ2n) is 5.45. The maximum Gasteiger partial charge on any atom is 0.344 e. The molecule has 0 atom stereocenters. The molecular weight excluding hydrogens is 428 g/mol. The zero-order valence-electron chi connectivity index (χ0n) is 14.9. The average molecular weight is 445 g/mol. The van der Waals surface area contributed by atoms with Crippen molar-refractivity contribution in [1.82, 2.24) is 0 Å². The lowest BCUT2D eigenvalue weighted by Crippen LogP contribution is -2.14. The van der Waals surface area contributed by atoms with Gasteiger partial charge in [-0.1, -0.05) is 6.07 Å². The molecule has 144 valence electrons. The van der Waals surface area contributed by atoms with Crippen molar-refractivity contribution in [1.29, 1.82) is 5.26 Å². The highest BCUT2D eigenvalue weighted by molar-refractivity contribution is 9.10. The van der Waals surface area contributed by atoms with E-state index in [2.05, 4.69) is 21.2 Å². The van der Waals surface area contributed by atoms with E-state index < -0.39 is 11.9 Å². The molecule has 0 aliphatic carbocycles. The number of anilines is 1. The molecule has 2 aromatic rings. The lowest BCUT2D eigenvalue weighted by Gasteiger charge is -2.08. The highest BCUT2D eigenvalue weighted by Gasteiger charge is 2.11. The lowest BCUT2D eigenvalue weighted by atomic mass is 10.1. The van der Waals surface area contributed by atoms with Gasteiger partial charge in [-0.05, 0) is 70.9 Å². The number of halogens is 1. The Morgan fingerprint density at radius 3 is 2.57 bits per heavy atom. The fourth-order valence-corrected chi connectivity index (χ4v) is 2.63. The van der Waals surface area contributed by atoms with Crippen LogP contribution in [-0.2, 0) is 14.3 Å². The second-order valence-corrected chi connectivity index (χ2v) is 6.31. The molecule has 0 aliphatic rings. The Kier molecular flexibility index (Phi) is 7.60. The Morgan fingerprint density at radius 2 is 1.96 bits per heavy atom. The van der Waals surface area contributed by atoms with Gasteiger partial charge in [0.1, 0.15) is 23.1 Å². The van der Waals surface area contributed by atoms with Crippen molar-refractivity contribution in [2.24, 2.45) is 0 Å². The van der Waals surface area contributed by atoms with E-state index >= 15 is 0 Å². The molecule has 0 aliphatic heterocycles. The molecule has 0 fully saturated rings. The molecule has 0 saturated carbocycles. The van der Waals surface area contributed by atoms with Crippen LogP contribution in [0.3, 0.4) is 0 Å². The first kappa shape index (κ1) is 21.0. The minimum Gasteiger partial charge on any atom is -0.508 e. The third-order valence-electron chi connectivity index (χ3n) is 3.41. The predicted octanol–water partition coefficient (Wildman–Crippen LogP) is 3.64. The molecule has 8 heteroatoms. The Bertz CT molecular complexity index is 933. The molecule has 2 N–H and O–H groups in total. The number of hydrogen-bond donors (Lipinski definition) is 2. The summed E-state index contributed by atoms with van der Waals surface area (Å²) < 4.78 is 10.7. The van der Waals surface area contributed by atoms with E-state index in [1.165, 1.54) is 30.3 Å². The van der Waals surface area contributed by atoms with E-state index in [9.17, 15) is 20.0 Å². The fraction of sp³-hybridized carbons (Fsp3) is 0.150. The van der Waals surface area contributed by atoms with Crippen molar-refractivity contribution in [3.63, 3.8) is 0 Å². The molecule has 0 spiro atoms. The first-order valence-corrected chi connectivity index (χ1v) is 9.02. The molecule has 28 heavy (non-hydrogen) atoms. The highest BCUT2D eigenvalue weighted by Crippen LogP contribution is 2.27. The summed E-state index contributed by atoms with van der Waals surface area (Å²) in [5.41, 5.74) is 0.945. The van der Waals surface area contributed by atoms with Crippen molar-refractivity contribution < 1.29 is 24.2 Å². The lowest BCUT2D eigenvalue weighted by molar-refractivity contribution is -0.145. The van der Waals surface area contributed by atoms with Gasteiger partial charge in [0.25, 0.3) is 5.91 Å². The van der Waals surface area contributed by atoms with Gasteiger partial charge in [-0.25, -0.2) is 4.79 Å². The Balaban J connectivity index is 2.09. The SMILES string of the molecule is CCOC(=O)COc1ccc(/C=C(\C#N)C(=O)Nc2ccc(O)cc2)cc1Br. The van der Waals surface area contributed by atoms with E-state index in [0.717, 1.165) is 0 Å². The summed E-state index contributed by atoms with van der Waals surface area (Å²) in [4.78, 5) is 23.6. The number of nitriles is 1. The van der Waals surface area contributed by atoms with Crippen molar-refractivity contribution >= 4 is 39.6 Å². The van der Waals surface area contributed by atoms with Gasteiger partial charge in [0.15, 0.2) is 6.61 Å². The summed E-state index contributed by atoms with van der Waals surface area (Å²) >= 11 is 3.33. The first-order chi connectivity index (χ1) is 13.4. The Morgan fingerprint density at radius 1 is 1.25 bits per heavy atom. The summed E-state index contributed by atoms with van der Waals surface area (Å²) in [5, 5.41) is 21.1. The van der Waals surface area contributed by atoms with Crippen molar-refractivity contribution in [2.75, 3.05) is 18.5 Å². The number of carbonyl (C=O) groups is 2. The number of phenolic OH excluding ortho intramolecular Hbond substituents is 1. The van der Waals surface area contributed by atoms with Crippen LogP contribution >= 0.6 is 15.9 Å². The number of aromatic hydroxyl groups is 1. The van der Waals surface area contributed by atoms with Crippen molar-refractivity contribution in [3.05, 3.63) is 58.1 Å². The third-order valence-corrected chi connectivity index (χ3v) is 4.03. The van der Waals surface area contributed by atoms with Crippen molar-refractivity contribution in [2.45, 2.75) is 6.92 Å². The summed E-state index contributed by atoms with van der Waals surface area (Å²) in [6.07, 6.45) is 1.43. The van der Waals surface area contributed by atoms with Crippen LogP contribution in [0.2, 0.25) is 0 Å². The van der Waals surface area contributed by atoms with Crippen LogP contribution in [0.25, 0.3) is 6.08 Å². The van der Waals surface area contributed by atoms with Crippen molar-refractivity contribution in [3.8, 4) is 17.6 Å². The smallest absolute Gasteiger partial charge is 0.344 e. The Labute approximate surface area is 170 Å². The minimum atomic E-state index is -0.577. The van der Waals surface area contributed by atoms with Gasteiger partial charge in [0, 0.05) is 5.69 Å². The molecule has 0 bridgehead atoms. The number of nitrogens with zero attached hydrogens (tertiary/aromatic N) is 1. The minimum absolute atomic E-state index is 0.0733. The largest absolute Gasteiger partial charge is 0.508 e. The number of phenols is 1. The number of nitrogens with one attached hydrogen (secondary N) is 1. The van der Waals surface area contributed by atoms with Gasteiger partial charge in [-0.2, -0.15) is 5.26 Å². The van der Waals surface area contributed by atoms with E-state index in [0.29, 0.717) is 21.5 Å². The van der Waals surface area contributed by atoms with Gasteiger partial charge in [0.2, 0.25) is 0 Å². The number of amides is 1. The standard InChI is InChI=1S/C20H17BrN2O5/c1-2-27-19(25)12-28-18-8-3-13(10-17(18)21)9-14(11-22)20(26)23-15-4-6-16(24)7-5-15/h3-10,24H,2,12H2,1H3,(H,23,26)/b14-9+. The summed E-state index contributed by atoms with van der Waals surface area (Å²) in [6, 6.07) is 12.7. The molecular formula is C20H17BrN2O5. The molecule has 0 aromatic heterocycles. The van der Waals surface area contributed by atoms with E-state index in [1.807, 2.05) is 6.07 Å². The predicted molar refractivity (Wildman–Crippen MR) is 107 cm³/mol. The summed E-state index contributed by atoms with van der Waals surface area (Å²) in [6.45, 7) is 1.76. The quantitative estimate of drug-likeness (QED) is 0.292. The van der Waals surface area contributed by atoms with E-state index in [4.69, 9.17) is 9.47 Å². The molecule has 0 heterocycles. The monoisotopic (exact) mass is 444 g/mol. The Hall–Kier alpha value is -3.31. The van der Waals surface area contributed by atoms with E-state index in [-0.39, 0.29) is 24.5 Å². The number of ether oxygens (including phenoxy) is 2. The van der Waals surface area contributed by atoms with Gasteiger partial charge in [-0.15, -0.1) is 0 Å². The normalized spacial score (nSPS) is 10.7. The van der Waals surface area contributed by atoms with E-state index in [1.54, 1.807) is 25.1 Å². The molecule has 0 unspecified atom stereocenters. The van der Waals surface area contributed by atoms with Crippen LogP contribution in [-0.4, -0.2) is 30.2 Å². The second kappa shape index (κ2) is 10.1. The maximum atomic E-state index is 12.3. The van der Waals surface area contributed by atoms with Crippen LogP contribution in [0.15, 0.2) is 52.5 Å². The summed E-state index contributed by atoms with van der Waals surface area (Å²) in [7, 11) is 0. The molecule has 2 aromatic carbocycles. The molecule has 0 radical (unpaired) electrons. The highest BCUT2D eigenvalue weighted by atomic mass is 79.9. The maximum absolute atomic E-state index is 12.3. The zero-order valence-corrected chi connectivity index (χ0v) is 16.5. The molecule has 7 nitrogen and oxygen atoms in total. The fourth-order valence-electron chi connectivity index (χ4n) is 2.12. The number of carbonyl (C=O) groups excluding carboxylic acids is 2. The van der Waals surface area contributed by atoms with Gasteiger partial charge < -0.3 is 19.9 Å². The number of esters is 1. The number of benzene rings is 2. The van der Waals surface area contributed by atoms with Crippen LogP contribution in [0, 0.1) is 11.3 Å². The van der Waals surface area contributed by atoms with Gasteiger partial charge in [0.05, 0.1) is 11.1 Å². The summed E-state index contributed by atoms with van der Waals surface area (Å²) in [5.74, 6) is -0.551. The van der Waals surface area contributed by atoms with Crippen LogP contribution in [0.4, 0.5) is 5.69 Å². The first-order valence-electron chi connectivity index (χ1n) is 8.23. The van der Waals surface area contributed by atoms with Crippen LogP contribution in [0.1, 0.15) is 12.5 Å². The van der Waals surface area contributed by atoms with Gasteiger partial charge in [-0.3, -0.25) is 4.79 Å². The van der Waals surface area contributed by atoms with Gasteiger partial charge >= 0.3 is 5.97 Å². The molecule has 2 rings (SSSR count). The number of hydrogen-bond acceptors (Lipinski definition) is 6.